The Morgan fingerprint density at radius 3 is 2.70 bits per heavy atom. The number of rotatable bonds is 7. The summed E-state index contributed by atoms with van der Waals surface area (Å²) in [5.74, 6) is -1.89. The molecule has 1 unspecified atom stereocenters. The number of fused-ring (bicyclic) bond motifs is 1. The molecule has 2 aliphatic rings. The normalized spacial score (nSPS) is 19.7. The van der Waals surface area contributed by atoms with E-state index < -0.39 is 23.8 Å². The number of carbonyl (C=O) groups excluding carboxylic acids is 4. The maximum Gasteiger partial charge on any atom is 0.262 e. The van der Waals surface area contributed by atoms with Crippen molar-refractivity contribution >= 4 is 23.6 Å². The van der Waals surface area contributed by atoms with Gasteiger partial charge < -0.3 is 10.2 Å². The molecule has 0 aromatic heterocycles. The molecule has 1 atom stereocenters. The standard InChI is InChI=1S/C19H24N4O4/c1-20-9-4-10-22(2)11-12-5-3-6-13-16(12)19(27)23(18(13)26)14-7-8-15(24)21-17(14)25/h3,5-6,14,20H,4,7-11H2,1-2H3,(H,21,24,25). The zero-order valence-electron chi connectivity index (χ0n) is 15.6. The Balaban J connectivity index is 1.82. The summed E-state index contributed by atoms with van der Waals surface area (Å²) in [5, 5.41) is 5.31. The van der Waals surface area contributed by atoms with Gasteiger partial charge in [0.15, 0.2) is 0 Å². The smallest absolute Gasteiger partial charge is 0.262 e. The quantitative estimate of drug-likeness (QED) is 0.521. The number of benzene rings is 1. The minimum absolute atomic E-state index is 0.116. The monoisotopic (exact) mass is 372 g/mol. The summed E-state index contributed by atoms with van der Waals surface area (Å²) in [6.45, 7) is 2.29. The summed E-state index contributed by atoms with van der Waals surface area (Å²) in [5.41, 5.74) is 1.46. The second kappa shape index (κ2) is 7.98. The average molecular weight is 372 g/mol. The van der Waals surface area contributed by atoms with Gasteiger partial charge in [-0.3, -0.25) is 29.4 Å². The zero-order valence-corrected chi connectivity index (χ0v) is 15.6. The largest absolute Gasteiger partial charge is 0.320 e. The molecule has 0 bridgehead atoms. The molecule has 8 nitrogen and oxygen atoms in total. The second-order valence-corrected chi connectivity index (χ2v) is 6.98. The highest BCUT2D eigenvalue weighted by atomic mass is 16.2. The van der Waals surface area contributed by atoms with E-state index in [-0.39, 0.29) is 18.7 Å². The first kappa shape index (κ1) is 19.2. The van der Waals surface area contributed by atoms with Crippen molar-refractivity contribution in [3.63, 3.8) is 0 Å². The van der Waals surface area contributed by atoms with Crippen molar-refractivity contribution in [3.05, 3.63) is 34.9 Å². The van der Waals surface area contributed by atoms with Gasteiger partial charge >= 0.3 is 0 Å². The molecule has 2 heterocycles. The lowest BCUT2D eigenvalue weighted by Gasteiger charge is -2.28. The molecule has 0 spiro atoms. The van der Waals surface area contributed by atoms with E-state index in [1.807, 2.05) is 20.2 Å². The van der Waals surface area contributed by atoms with Crippen LogP contribution in [0.15, 0.2) is 18.2 Å². The lowest BCUT2D eigenvalue weighted by molar-refractivity contribution is -0.136. The molecule has 1 aromatic carbocycles. The average Bonchev–Trinajstić information content (AvgIpc) is 2.88. The van der Waals surface area contributed by atoms with Crippen LogP contribution in [0.3, 0.4) is 0 Å². The Bertz CT molecular complexity index is 792. The fraction of sp³-hybridized carbons (Fsp3) is 0.474. The first-order chi connectivity index (χ1) is 12.9. The van der Waals surface area contributed by atoms with Crippen LogP contribution in [0.5, 0.6) is 0 Å². The Morgan fingerprint density at radius 1 is 1.22 bits per heavy atom. The van der Waals surface area contributed by atoms with E-state index in [9.17, 15) is 19.2 Å². The highest BCUT2D eigenvalue weighted by Crippen LogP contribution is 2.30. The van der Waals surface area contributed by atoms with Crippen LogP contribution in [0, 0.1) is 0 Å². The van der Waals surface area contributed by atoms with Crippen molar-refractivity contribution < 1.29 is 19.2 Å². The number of imide groups is 2. The number of nitrogens with one attached hydrogen (secondary N) is 2. The molecule has 144 valence electrons. The molecule has 27 heavy (non-hydrogen) atoms. The molecule has 1 fully saturated rings. The van der Waals surface area contributed by atoms with Crippen molar-refractivity contribution in [3.8, 4) is 0 Å². The molecular formula is C19H24N4O4. The molecule has 3 rings (SSSR count). The third-order valence-electron chi connectivity index (χ3n) is 4.96. The SMILES string of the molecule is CNCCCN(C)Cc1cccc2c1C(=O)N(C1CCC(=O)NC1=O)C2=O. The first-order valence-corrected chi connectivity index (χ1v) is 9.10. The topological polar surface area (TPSA) is 98.8 Å². The number of carbonyl (C=O) groups is 4. The van der Waals surface area contributed by atoms with E-state index in [2.05, 4.69) is 15.5 Å². The van der Waals surface area contributed by atoms with Gasteiger partial charge in [-0.2, -0.15) is 0 Å². The molecule has 1 saturated heterocycles. The van der Waals surface area contributed by atoms with Gasteiger partial charge in [-0.1, -0.05) is 12.1 Å². The molecular weight excluding hydrogens is 348 g/mol. The van der Waals surface area contributed by atoms with Crippen LogP contribution < -0.4 is 10.6 Å². The van der Waals surface area contributed by atoms with Gasteiger partial charge in [0.2, 0.25) is 11.8 Å². The second-order valence-electron chi connectivity index (χ2n) is 6.98. The van der Waals surface area contributed by atoms with Crippen LogP contribution in [-0.2, 0) is 16.1 Å². The molecule has 4 amide bonds. The summed E-state index contributed by atoms with van der Waals surface area (Å²) in [6.07, 6.45) is 1.25. The van der Waals surface area contributed by atoms with Gasteiger partial charge in [0, 0.05) is 13.0 Å². The van der Waals surface area contributed by atoms with E-state index in [4.69, 9.17) is 0 Å². The Morgan fingerprint density at radius 2 is 2.00 bits per heavy atom. The molecule has 2 N–H and O–H groups in total. The lowest BCUT2D eigenvalue weighted by atomic mass is 10.0. The number of amides is 4. The molecule has 0 radical (unpaired) electrons. The summed E-state index contributed by atoms with van der Waals surface area (Å²) in [4.78, 5) is 52.4. The van der Waals surface area contributed by atoms with Gasteiger partial charge in [0.25, 0.3) is 11.8 Å². The van der Waals surface area contributed by atoms with Crippen LogP contribution in [-0.4, -0.2) is 66.7 Å². The third-order valence-corrected chi connectivity index (χ3v) is 4.96. The van der Waals surface area contributed by atoms with Crippen LogP contribution in [0.1, 0.15) is 45.5 Å². The fourth-order valence-electron chi connectivity index (χ4n) is 3.61. The summed E-state index contributed by atoms with van der Waals surface area (Å²) in [6, 6.07) is 4.28. The highest BCUT2D eigenvalue weighted by molar-refractivity contribution is 6.24. The number of hydrogen-bond acceptors (Lipinski definition) is 6. The van der Waals surface area contributed by atoms with Crippen molar-refractivity contribution in [2.45, 2.75) is 31.8 Å². The first-order valence-electron chi connectivity index (χ1n) is 9.10. The van der Waals surface area contributed by atoms with Gasteiger partial charge in [0.1, 0.15) is 6.04 Å². The maximum absolute atomic E-state index is 13.0. The van der Waals surface area contributed by atoms with Crippen LogP contribution >= 0.6 is 0 Å². The number of piperidine rings is 1. The number of hydrogen-bond donors (Lipinski definition) is 2. The van der Waals surface area contributed by atoms with E-state index in [1.54, 1.807) is 12.1 Å². The summed E-state index contributed by atoms with van der Waals surface area (Å²) >= 11 is 0. The molecule has 0 saturated carbocycles. The van der Waals surface area contributed by atoms with Crippen molar-refractivity contribution in [2.24, 2.45) is 0 Å². The third kappa shape index (κ3) is 3.77. The van der Waals surface area contributed by atoms with Crippen molar-refractivity contribution in [2.75, 3.05) is 27.2 Å². The minimum atomic E-state index is -0.934. The van der Waals surface area contributed by atoms with Gasteiger partial charge in [0.05, 0.1) is 11.1 Å². The maximum atomic E-state index is 13.0. The van der Waals surface area contributed by atoms with Crippen LogP contribution in [0.25, 0.3) is 0 Å². The summed E-state index contributed by atoms with van der Waals surface area (Å²) in [7, 11) is 3.87. The van der Waals surface area contributed by atoms with Gasteiger partial charge in [-0.25, -0.2) is 0 Å². The minimum Gasteiger partial charge on any atom is -0.320 e. The number of nitrogens with zero attached hydrogens (tertiary/aromatic N) is 2. The Labute approximate surface area is 157 Å². The zero-order chi connectivity index (χ0) is 19.6. The fourth-order valence-corrected chi connectivity index (χ4v) is 3.61. The summed E-state index contributed by atoms with van der Waals surface area (Å²) < 4.78 is 0. The van der Waals surface area contributed by atoms with Crippen molar-refractivity contribution in [1.29, 1.82) is 0 Å². The van der Waals surface area contributed by atoms with E-state index in [0.717, 1.165) is 30.0 Å². The van der Waals surface area contributed by atoms with Crippen LogP contribution in [0.4, 0.5) is 0 Å². The predicted molar refractivity (Wildman–Crippen MR) is 98.0 cm³/mol. The Hall–Kier alpha value is -2.58. The Kier molecular flexibility index (Phi) is 5.67. The molecule has 1 aromatic rings. The van der Waals surface area contributed by atoms with Crippen molar-refractivity contribution in [1.82, 2.24) is 20.4 Å². The van der Waals surface area contributed by atoms with Gasteiger partial charge in [-0.15, -0.1) is 0 Å². The van der Waals surface area contributed by atoms with Crippen LogP contribution in [0.2, 0.25) is 0 Å². The van der Waals surface area contributed by atoms with E-state index in [1.165, 1.54) is 0 Å². The molecule has 8 heteroatoms. The molecule has 0 aliphatic carbocycles. The van der Waals surface area contributed by atoms with E-state index >= 15 is 0 Å². The lowest BCUT2D eigenvalue weighted by Crippen LogP contribution is -2.54. The van der Waals surface area contributed by atoms with E-state index in [0.29, 0.717) is 17.7 Å². The van der Waals surface area contributed by atoms with Gasteiger partial charge in [-0.05, 0) is 51.7 Å². The molecule has 2 aliphatic heterocycles. The highest BCUT2D eigenvalue weighted by Gasteiger charge is 2.45. The predicted octanol–water partition coefficient (Wildman–Crippen LogP) is 0.129.